The lowest BCUT2D eigenvalue weighted by molar-refractivity contribution is -0.282. The Balaban J connectivity index is 1.55. The summed E-state index contributed by atoms with van der Waals surface area (Å²) >= 11 is 0. The molecular formula is C29H48N4O8. The molecule has 12 heteroatoms. The normalized spacial score (nSPS) is 25.7. The van der Waals surface area contributed by atoms with Crippen molar-refractivity contribution in [3.63, 3.8) is 0 Å². The average Bonchev–Trinajstić information content (AvgIpc) is 3.40. The minimum atomic E-state index is -0.698. The minimum Gasteiger partial charge on any atom is -0.355 e. The van der Waals surface area contributed by atoms with Crippen molar-refractivity contribution in [1.82, 2.24) is 14.5 Å². The third-order valence-corrected chi connectivity index (χ3v) is 8.78. The van der Waals surface area contributed by atoms with E-state index in [0.717, 1.165) is 64.2 Å². The first-order valence-corrected chi connectivity index (χ1v) is 15.1. The highest BCUT2D eigenvalue weighted by molar-refractivity contribution is 5.77. The fraction of sp³-hybridized carbons (Fsp3) is 0.828. The zero-order chi connectivity index (χ0) is 29.5. The van der Waals surface area contributed by atoms with Gasteiger partial charge in [0.15, 0.2) is 11.6 Å². The van der Waals surface area contributed by atoms with Gasteiger partial charge in [0.1, 0.15) is 12.3 Å². The predicted octanol–water partition coefficient (Wildman–Crippen LogP) is 2.09. The first-order valence-electron chi connectivity index (χ1n) is 15.1. The molecule has 12 nitrogen and oxygen atoms in total. The summed E-state index contributed by atoms with van der Waals surface area (Å²) in [5, 5.41) is 2.67. The van der Waals surface area contributed by atoms with Crippen molar-refractivity contribution in [3.8, 4) is 0 Å². The van der Waals surface area contributed by atoms with Gasteiger partial charge in [0, 0.05) is 71.2 Å². The molecule has 0 aromatic carbocycles. The number of carbonyl (C=O) groups excluding carboxylic acids is 1. The Morgan fingerprint density at radius 2 is 1.68 bits per heavy atom. The molecule has 0 bridgehead atoms. The van der Waals surface area contributed by atoms with Crippen LogP contribution >= 0.6 is 0 Å². The van der Waals surface area contributed by atoms with E-state index in [4.69, 9.17) is 29.4 Å². The number of nitrogens with zero attached hydrogens (tertiary/aromatic N) is 2. The number of carbonyl (C=O) groups is 1. The summed E-state index contributed by atoms with van der Waals surface area (Å²) in [5.74, 6) is -1.63. The third kappa shape index (κ3) is 7.66. The van der Waals surface area contributed by atoms with E-state index >= 15 is 0 Å². The number of aromatic nitrogens is 2. The van der Waals surface area contributed by atoms with Crippen LogP contribution in [0.5, 0.6) is 0 Å². The lowest BCUT2D eigenvalue weighted by Gasteiger charge is -2.40. The third-order valence-electron chi connectivity index (χ3n) is 8.78. The molecule has 2 saturated carbocycles. The fourth-order valence-electron chi connectivity index (χ4n) is 6.31. The van der Waals surface area contributed by atoms with Gasteiger partial charge in [-0.1, -0.05) is 12.8 Å². The van der Waals surface area contributed by atoms with Gasteiger partial charge in [-0.15, -0.1) is 0 Å². The van der Waals surface area contributed by atoms with Gasteiger partial charge in [0.05, 0.1) is 19.3 Å². The topological polar surface area (TPSA) is 145 Å². The van der Waals surface area contributed by atoms with Crippen molar-refractivity contribution >= 4 is 5.91 Å². The van der Waals surface area contributed by atoms with Gasteiger partial charge in [-0.3, -0.25) is 18.7 Å². The second-order valence-electron chi connectivity index (χ2n) is 11.5. The number of amides is 1. The highest BCUT2D eigenvalue weighted by Crippen LogP contribution is 2.40. The van der Waals surface area contributed by atoms with Gasteiger partial charge in [-0.05, 0) is 39.0 Å². The van der Waals surface area contributed by atoms with Crippen molar-refractivity contribution in [2.24, 2.45) is 5.73 Å². The van der Waals surface area contributed by atoms with Gasteiger partial charge in [0.25, 0.3) is 5.56 Å². The van der Waals surface area contributed by atoms with Crippen LogP contribution in [0.1, 0.15) is 88.8 Å². The van der Waals surface area contributed by atoms with Crippen molar-refractivity contribution in [2.45, 2.75) is 121 Å². The summed E-state index contributed by atoms with van der Waals surface area (Å²) in [6.45, 7) is 2.29. The molecule has 1 aromatic heterocycles. The van der Waals surface area contributed by atoms with Crippen LogP contribution in [0, 0.1) is 6.92 Å². The number of ether oxygens (including phenoxy) is 5. The molecule has 4 rings (SSSR count). The number of nitrogens with two attached hydrogens (primary N) is 1. The van der Waals surface area contributed by atoms with Crippen LogP contribution in [-0.4, -0.2) is 72.7 Å². The molecule has 0 radical (unpaired) electrons. The molecular weight excluding hydrogens is 532 g/mol. The predicted molar refractivity (Wildman–Crippen MR) is 151 cm³/mol. The largest absolute Gasteiger partial charge is 0.355 e. The number of methoxy groups -OCH3 is 2. The average molecular weight is 581 g/mol. The maximum absolute atomic E-state index is 13.6. The lowest BCUT2D eigenvalue weighted by atomic mass is 9.93. The Hall–Kier alpha value is -2.09. The molecule has 232 valence electrons. The summed E-state index contributed by atoms with van der Waals surface area (Å²) in [6.07, 6.45) is 10.6. The molecule has 1 aliphatic heterocycles. The molecule has 2 heterocycles. The van der Waals surface area contributed by atoms with Crippen LogP contribution < -0.4 is 22.3 Å². The van der Waals surface area contributed by atoms with Crippen LogP contribution in [0.25, 0.3) is 0 Å². The smallest absolute Gasteiger partial charge is 0.333 e. The van der Waals surface area contributed by atoms with Gasteiger partial charge >= 0.3 is 5.69 Å². The van der Waals surface area contributed by atoms with Crippen molar-refractivity contribution in [2.75, 3.05) is 33.9 Å². The van der Waals surface area contributed by atoms with Gasteiger partial charge < -0.3 is 34.7 Å². The number of hydrogen-bond donors (Lipinski definition) is 2. The Labute approximate surface area is 241 Å². The first kappa shape index (κ1) is 31.8. The highest BCUT2D eigenvalue weighted by atomic mass is 16.7. The zero-order valence-electron chi connectivity index (χ0n) is 24.9. The summed E-state index contributed by atoms with van der Waals surface area (Å²) in [6, 6.07) is 0. The second-order valence-corrected chi connectivity index (χ2v) is 11.5. The van der Waals surface area contributed by atoms with E-state index in [-0.39, 0.29) is 37.3 Å². The van der Waals surface area contributed by atoms with Crippen molar-refractivity contribution in [3.05, 3.63) is 32.6 Å². The molecule has 0 unspecified atom stereocenters. The van der Waals surface area contributed by atoms with Crippen LogP contribution in [0.15, 0.2) is 15.8 Å². The molecule has 1 amide bonds. The van der Waals surface area contributed by atoms with Gasteiger partial charge in [-0.2, -0.15) is 0 Å². The summed E-state index contributed by atoms with van der Waals surface area (Å²) < 4.78 is 34.0. The number of hydrogen-bond acceptors (Lipinski definition) is 9. The molecule has 3 aliphatic rings. The highest BCUT2D eigenvalue weighted by Gasteiger charge is 2.45. The Bertz CT molecular complexity index is 1120. The Morgan fingerprint density at radius 1 is 1.05 bits per heavy atom. The zero-order valence-corrected chi connectivity index (χ0v) is 24.9. The van der Waals surface area contributed by atoms with E-state index in [1.54, 1.807) is 27.3 Å². The molecule has 3 N–H and O–H groups in total. The SMILES string of the molecule is COC1(OC[C@H]2O[C@@H](n3cc(C)c(=O)n(CCCNC(=O)CN)c3=O)C[C@@H]2OC2(OC)CCCCC2)CCCCC1. The fourth-order valence-corrected chi connectivity index (χ4v) is 6.31. The van der Waals surface area contributed by atoms with E-state index in [0.29, 0.717) is 24.9 Å². The van der Waals surface area contributed by atoms with E-state index in [9.17, 15) is 14.4 Å². The van der Waals surface area contributed by atoms with E-state index in [1.165, 1.54) is 9.13 Å². The molecule has 3 fully saturated rings. The van der Waals surface area contributed by atoms with Gasteiger partial charge in [0.2, 0.25) is 5.91 Å². The molecule has 1 saturated heterocycles. The van der Waals surface area contributed by atoms with Crippen LogP contribution in [-0.2, 0) is 35.0 Å². The monoisotopic (exact) mass is 580 g/mol. The van der Waals surface area contributed by atoms with Crippen molar-refractivity contribution < 1.29 is 28.5 Å². The number of aryl methyl sites for hydroxylation is 1. The molecule has 41 heavy (non-hydrogen) atoms. The first-order chi connectivity index (χ1) is 19.7. The lowest BCUT2D eigenvalue weighted by Crippen LogP contribution is -2.45. The maximum Gasteiger partial charge on any atom is 0.333 e. The minimum absolute atomic E-state index is 0.111. The van der Waals surface area contributed by atoms with E-state index < -0.39 is 29.6 Å². The van der Waals surface area contributed by atoms with Crippen LogP contribution in [0.2, 0.25) is 0 Å². The second kappa shape index (κ2) is 14.4. The summed E-state index contributed by atoms with van der Waals surface area (Å²) in [4.78, 5) is 37.9. The maximum atomic E-state index is 13.6. The molecule has 2 aliphatic carbocycles. The Morgan fingerprint density at radius 3 is 2.29 bits per heavy atom. The summed E-state index contributed by atoms with van der Waals surface area (Å²) in [5.41, 5.74) is 4.94. The Kier molecular flexibility index (Phi) is 11.2. The standard InChI is InChI=1S/C29H48N4O8/c1-21-19-33(27(36)32(26(21)35)16-10-15-31-24(34)18-30)25-17-22(41-29(38-3)13-8-5-9-14-29)23(40-25)20-39-28(37-2)11-6-4-7-12-28/h19,22-23,25H,4-18,20,30H2,1-3H3,(H,31,34)/t22-,23+,25+/m0/s1. The number of rotatable bonds is 13. The van der Waals surface area contributed by atoms with E-state index in [2.05, 4.69) is 5.32 Å². The molecule has 1 aromatic rings. The van der Waals surface area contributed by atoms with Crippen LogP contribution in [0.4, 0.5) is 0 Å². The van der Waals surface area contributed by atoms with Gasteiger partial charge in [-0.25, -0.2) is 4.79 Å². The summed E-state index contributed by atoms with van der Waals surface area (Å²) in [7, 11) is 3.37. The quantitative estimate of drug-likeness (QED) is 0.265. The van der Waals surface area contributed by atoms with Crippen LogP contribution in [0.3, 0.4) is 0 Å². The van der Waals surface area contributed by atoms with E-state index in [1.807, 2.05) is 0 Å². The molecule has 0 spiro atoms. The van der Waals surface area contributed by atoms with Crippen molar-refractivity contribution in [1.29, 1.82) is 0 Å². The molecule has 3 atom stereocenters. The number of nitrogens with one attached hydrogen (secondary N) is 1.